The average molecular weight is 290 g/mol. The van der Waals surface area contributed by atoms with Crippen LogP contribution in [0.3, 0.4) is 0 Å². The van der Waals surface area contributed by atoms with Gasteiger partial charge >= 0.3 is 0 Å². The number of nitro benzene ring substituents is 1. The Morgan fingerprint density at radius 1 is 1.19 bits per heavy atom. The lowest BCUT2D eigenvalue weighted by molar-refractivity contribution is -0.384. The van der Waals surface area contributed by atoms with Crippen molar-refractivity contribution in [1.82, 2.24) is 10.2 Å². The second kappa shape index (κ2) is 6.41. The standard InChI is InChI=1S/C15H22N4O2/c20-19(21)14-3-1-13(2-4-14)16-7-8-17-15-11-18-9-5-12(15)6-10-18/h1-4,12,15-17H,5-11H2/t15-/m1/s1. The summed E-state index contributed by atoms with van der Waals surface area (Å²) >= 11 is 0. The molecular formula is C15H22N4O2. The Labute approximate surface area is 124 Å². The topological polar surface area (TPSA) is 70.4 Å². The zero-order valence-electron chi connectivity index (χ0n) is 12.1. The van der Waals surface area contributed by atoms with Crippen molar-refractivity contribution in [2.45, 2.75) is 18.9 Å². The molecule has 1 aromatic carbocycles. The molecule has 3 aliphatic heterocycles. The van der Waals surface area contributed by atoms with E-state index in [1.54, 1.807) is 12.1 Å². The number of piperidine rings is 3. The number of nitrogens with one attached hydrogen (secondary N) is 2. The molecule has 1 atom stereocenters. The van der Waals surface area contributed by atoms with Crippen LogP contribution in [0.2, 0.25) is 0 Å². The number of hydrogen-bond donors (Lipinski definition) is 2. The number of fused-ring (bicyclic) bond motifs is 3. The van der Waals surface area contributed by atoms with Crippen molar-refractivity contribution in [1.29, 1.82) is 0 Å². The molecule has 4 rings (SSSR count). The van der Waals surface area contributed by atoms with Crippen molar-refractivity contribution >= 4 is 11.4 Å². The third-order valence-corrected chi connectivity index (χ3v) is 4.59. The number of non-ortho nitro benzene ring substituents is 1. The highest BCUT2D eigenvalue weighted by atomic mass is 16.6. The second-order valence-corrected chi connectivity index (χ2v) is 5.93. The maximum absolute atomic E-state index is 10.6. The Kier molecular flexibility index (Phi) is 4.36. The summed E-state index contributed by atoms with van der Waals surface area (Å²) in [5.41, 5.74) is 1.06. The summed E-state index contributed by atoms with van der Waals surface area (Å²) in [6.07, 6.45) is 2.65. The monoisotopic (exact) mass is 290 g/mol. The van der Waals surface area contributed by atoms with Gasteiger partial charge in [0.15, 0.2) is 0 Å². The Balaban J connectivity index is 1.39. The van der Waals surface area contributed by atoms with E-state index in [1.165, 1.54) is 44.6 Å². The average Bonchev–Trinajstić information content (AvgIpc) is 2.53. The van der Waals surface area contributed by atoms with Gasteiger partial charge in [-0.25, -0.2) is 0 Å². The predicted octanol–water partition coefficient (Wildman–Crippen LogP) is 1.69. The van der Waals surface area contributed by atoms with Gasteiger partial charge in [0.2, 0.25) is 0 Å². The van der Waals surface area contributed by atoms with E-state index in [1.807, 2.05) is 0 Å². The molecule has 6 nitrogen and oxygen atoms in total. The Morgan fingerprint density at radius 3 is 2.48 bits per heavy atom. The minimum atomic E-state index is -0.376. The van der Waals surface area contributed by atoms with Crippen LogP contribution >= 0.6 is 0 Å². The van der Waals surface area contributed by atoms with Crippen molar-refractivity contribution < 1.29 is 4.92 Å². The smallest absolute Gasteiger partial charge is 0.269 e. The van der Waals surface area contributed by atoms with Gasteiger partial charge in [-0.2, -0.15) is 0 Å². The number of anilines is 1. The first kappa shape index (κ1) is 14.3. The highest BCUT2D eigenvalue weighted by Gasteiger charge is 2.33. The minimum Gasteiger partial charge on any atom is -0.384 e. The van der Waals surface area contributed by atoms with Crippen molar-refractivity contribution in [2.24, 2.45) is 5.92 Å². The van der Waals surface area contributed by atoms with Gasteiger partial charge in [-0.15, -0.1) is 0 Å². The van der Waals surface area contributed by atoms with E-state index >= 15 is 0 Å². The summed E-state index contributed by atoms with van der Waals surface area (Å²) in [6.45, 7) is 5.48. The highest BCUT2D eigenvalue weighted by molar-refractivity contribution is 5.48. The number of benzene rings is 1. The zero-order valence-corrected chi connectivity index (χ0v) is 12.1. The maximum Gasteiger partial charge on any atom is 0.269 e. The molecule has 0 radical (unpaired) electrons. The fourth-order valence-electron chi connectivity index (χ4n) is 3.36. The first-order chi connectivity index (χ1) is 10.2. The third-order valence-electron chi connectivity index (χ3n) is 4.59. The quantitative estimate of drug-likeness (QED) is 0.474. The molecule has 1 aromatic rings. The summed E-state index contributed by atoms with van der Waals surface area (Å²) in [7, 11) is 0. The first-order valence-corrected chi connectivity index (χ1v) is 7.66. The number of rotatable bonds is 6. The van der Waals surface area contributed by atoms with E-state index in [0.717, 1.165) is 24.7 Å². The number of nitrogens with zero attached hydrogens (tertiary/aromatic N) is 2. The molecule has 0 unspecified atom stereocenters. The summed E-state index contributed by atoms with van der Waals surface area (Å²) < 4.78 is 0. The van der Waals surface area contributed by atoms with E-state index in [-0.39, 0.29) is 10.6 Å². The lowest BCUT2D eigenvalue weighted by atomic mass is 9.84. The minimum absolute atomic E-state index is 0.131. The third kappa shape index (κ3) is 3.51. The molecule has 0 aliphatic carbocycles. The van der Waals surface area contributed by atoms with Crippen LogP contribution in [-0.4, -0.2) is 48.6 Å². The van der Waals surface area contributed by atoms with Crippen LogP contribution in [0.25, 0.3) is 0 Å². The lowest BCUT2D eigenvalue weighted by Gasteiger charge is -2.45. The molecule has 3 aliphatic rings. The fourth-order valence-corrected chi connectivity index (χ4v) is 3.36. The molecule has 0 spiro atoms. The molecule has 2 N–H and O–H groups in total. The van der Waals surface area contributed by atoms with E-state index < -0.39 is 0 Å². The van der Waals surface area contributed by atoms with Crippen molar-refractivity contribution in [3.63, 3.8) is 0 Å². The van der Waals surface area contributed by atoms with E-state index in [4.69, 9.17) is 0 Å². The summed E-state index contributed by atoms with van der Waals surface area (Å²) in [4.78, 5) is 12.7. The van der Waals surface area contributed by atoms with Crippen molar-refractivity contribution in [2.75, 3.05) is 38.0 Å². The van der Waals surface area contributed by atoms with Crippen molar-refractivity contribution in [3.8, 4) is 0 Å². The van der Waals surface area contributed by atoms with Gasteiger partial charge < -0.3 is 15.5 Å². The molecule has 114 valence electrons. The van der Waals surface area contributed by atoms with Crippen LogP contribution in [0.15, 0.2) is 24.3 Å². The molecule has 21 heavy (non-hydrogen) atoms. The van der Waals surface area contributed by atoms with Gasteiger partial charge in [0.25, 0.3) is 5.69 Å². The van der Waals surface area contributed by atoms with E-state index in [2.05, 4.69) is 15.5 Å². The summed E-state index contributed by atoms with van der Waals surface area (Å²) in [5.74, 6) is 0.842. The summed E-state index contributed by atoms with van der Waals surface area (Å²) in [5, 5.41) is 17.5. The predicted molar refractivity (Wildman–Crippen MR) is 82.5 cm³/mol. The molecule has 6 heteroatoms. The normalized spacial score (nSPS) is 27.5. The zero-order chi connectivity index (χ0) is 14.7. The number of nitro groups is 1. The van der Waals surface area contributed by atoms with Crippen LogP contribution in [-0.2, 0) is 0 Å². The molecule has 3 fully saturated rings. The van der Waals surface area contributed by atoms with Crippen LogP contribution in [0.5, 0.6) is 0 Å². The van der Waals surface area contributed by atoms with Crippen LogP contribution in [0, 0.1) is 16.0 Å². The van der Waals surface area contributed by atoms with Gasteiger partial charge in [0.05, 0.1) is 4.92 Å². The van der Waals surface area contributed by atoms with E-state index in [0.29, 0.717) is 6.04 Å². The van der Waals surface area contributed by atoms with E-state index in [9.17, 15) is 10.1 Å². The van der Waals surface area contributed by atoms with Gasteiger partial charge in [-0.3, -0.25) is 10.1 Å². The van der Waals surface area contributed by atoms with Gasteiger partial charge in [0.1, 0.15) is 0 Å². The Hall–Kier alpha value is -1.66. The molecule has 2 bridgehead atoms. The highest BCUT2D eigenvalue weighted by Crippen LogP contribution is 2.27. The Bertz CT molecular complexity index is 483. The maximum atomic E-state index is 10.6. The van der Waals surface area contributed by atoms with Crippen LogP contribution in [0.4, 0.5) is 11.4 Å². The summed E-state index contributed by atoms with van der Waals surface area (Å²) in [6, 6.07) is 7.21. The first-order valence-electron chi connectivity index (χ1n) is 7.66. The molecule has 3 saturated heterocycles. The van der Waals surface area contributed by atoms with Gasteiger partial charge in [0, 0.05) is 43.5 Å². The van der Waals surface area contributed by atoms with Crippen molar-refractivity contribution in [3.05, 3.63) is 34.4 Å². The fraction of sp³-hybridized carbons (Fsp3) is 0.600. The van der Waals surface area contributed by atoms with Gasteiger partial charge in [-0.05, 0) is 44.0 Å². The van der Waals surface area contributed by atoms with Crippen LogP contribution in [0.1, 0.15) is 12.8 Å². The molecule has 0 aromatic heterocycles. The molecular weight excluding hydrogens is 268 g/mol. The molecule has 0 amide bonds. The lowest BCUT2D eigenvalue weighted by Crippen LogP contribution is -2.56. The Morgan fingerprint density at radius 2 is 1.90 bits per heavy atom. The molecule has 3 heterocycles. The number of hydrogen-bond acceptors (Lipinski definition) is 5. The van der Waals surface area contributed by atoms with Gasteiger partial charge in [-0.1, -0.05) is 0 Å². The largest absolute Gasteiger partial charge is 0.384 e. The second-order valence-electron chi connectivity index (χ2n) is 5.93. The van der Waals surface area contributed by atoms with Crippen LogP contribution < -0.4 is 10.6 Å². The molecule has 0 saturated carbocycles. The SMILES string of the molecule is O=[N+]([O-])c1ccc(NCCN[C@@H]2CN3CCC2CC3)cc1.